The molecule has 3 N–H and O–H groups in total. The number of amides is 3. The summed E-state index contributed by atoms with van der Waals surface area (Å²) in [6.45, 7) is 2.01. The number of halogens is 3. The normalized spacial score (nSPS) is 11.1. The summed E-state index contributed by atoms with van der Waals surface area (Å²) in [5, 5.41) is 11.0. The Labute approximate surface area is 248 Å². The molecule has 2 heterocycles. The number of alkyl halides is 3. The molecular formula is C31H24F3N5O3S. The number of pyridine rings is 1. The van der Waals surface area contributed by atoms with Crippen molar-refractivity contribution in [2.45, 2.75) is 19.7 Å². The summed E-state index contributed by atoms with van der Waals surface area (Å²) in [6, 6.07) is 20.0. The first-order valence-electron chi connectivity index (χ1n) is 12.9. The second-order valence-corrected chi connectivity index (χ2v) is 10.3. The van der Waals surface area contributed by atoms with Crippen LogP contribution in [-0.4, -0.2) is 28.3 Å². The predicted octanol–water partition coefficient (Wildman–Crippen LogP) is 7.90. The summed E-state index contributed by atoms with van der Waals surface area (Å²) in [5.74, 6) is -0.718. The Morgan fingerprint density at radius 2 is 1.56 bits per heavy atom. The lowest BCUT2D eigenvalue weighted by atomic mass is 10.0. The average molecular weight is 604 g/mol. The van der Waals surface area contributed by atoms with E-state index in [1.165, 1.54) is 12.1 Å². The van der Waals surface area contributed by atoms with Crippen LogP contribution in [0.4, 0.5) is 35.0 Å². The molecule has 0 aliphatic rings. The minimum absolute atomic E-state index is 0.268. The Bertz CT molecular complexity index is 1720. The Kier molecular flexibility index (Phi) is 8.67. The fourth-order valence-corrected chi connectivity index (χ4v) is 4.91. The van der Waals surface area contributed by atoms with Crippen molar-refractivity contribution in [2.75, 3.05) is 16.0 Å². The van der Waals surface area contributed by atoms with Gasteiger partial charge in [0.05, 0.1) is 10.7 Å². The number of nitrogens with zero attached hydrogens (tertiary/aromatic N) is 2. The minimum Gasteiger partial charge on any atom is -0.406 e. The van der Waals surface area contributed by atoms with Crippen molar-refractivity contribution >= 4 is 40.3 Å². The molecular weight excluding hydrogens is 579 g/mol. The number of hydrogen-bond acceptors (Lipinski definition) is 6. The van der Waals surface area contributed by atoms with Gasteiger partial charge in [-0.1, -0.05) is 6.07 Å². The van der Waals surface area contributed by atoms with Gasteiger partial charge in [-0.05, 0) is 90.8 Å². The molecule has 5 rings (SSSR count). The molecule has 0 aliphatic carbocycles. The van der Waals surface area contributed by atoms with E-state index in [4.69, 9.17) is 4.98 Å². The Morgan fingerprint density at radius 3 is 2.21 bits per heavy atom. The molecule has 12 heteroatoms. The maximum absolute atomic E-state index is 12.9. The third-order valence-electron chi connectivity index (χ3n) is 6.21. The topological polar surface area (TPSA) is 105 Å². The molecule has 5 aromatic rings. The number of benzene rings is 3. The predicted molar refractivity (Wildman–Crippen MR) is 159 cm³/mol. The summed E-state index contributed by atoms with van der Waals surface area (Å²) < 4.78 is 40.7. The van der Waals surface area contributed by atoms with E-state index in [2.05, 4.69) is 25.7 Å². The van der Waals surface area contributed by atoms with E-state index >= 15 is 0 Å². The highest BCUT2D eigenvalue weighted by molar-refractivity contribution is 7.10. The molecule has 3 aromatic carbocycles. The van der Waals surface area contributed by atoms with E-state index in [9.17, 15) is 22.8 Å². The number of anilines is 3. The molecule has 8 nitrogen and oxygen atoms in total. The molecule has 0 spiro atoms. The summed E-state index contributed by atoms with van der Waals surface area (Å²) in [6.07, 6.45) is -0.680. The van der Waals surface area contributed by atoms with Crippen LogP contribution < -0.4 is 20.7 Å². The smallest absolute Gasteiger partial charge is 0.406 e. The van der Waals surface area contributed by atoms with Gasteiger partial charge < -0.3 is 20.7 Å². The fourth-order valence-electron chi connectivity index (χ4n) is 4.08. The number of rotatable bonds is 8. The van der Waals surface area contributed by atoms with Crippen molar-refractivity contribution in [3.8, 4) is 17.0 Å². The van der Waals surface area contributed by atoms with Gasteiger partial charge in [0.1, 0.15) is 5.75 Å². The van der Waals surface area contributed by atoms with E-state index in [-0.39, 0.29) is 11.6 Å². The lowest BCUT2D eigenvalue weighted by Crippen LogP contribution is -2.20. The zero-order valence-corrected chi connectivity index (χ0v) is 23.4. The number of thiazole rings is 1. The van der Waals surface area contributed by atoms with Crippen LogP contribution in [0.25, 0.3) is 11.3 Å². The van der Waals surface area contributed by atoms with Crippen molar-refractivity contribution < 1.29 is 27.5 Å². The number of carbonyl (C=O) groups excluding carboxylic acids is 2. The largest absolute Gasteiger partial charge is 0.573 e. The SMILES string of the molecule is Cc1ccc(NC(=O)c2ccc(NC(=O)Nc3ccc(OC(F)(F)F)cc3)cc2)cc1Cc1nc(-c2cccnc2)cs1. The molecule has 218 valence electrons. The maximum Gasteiger partial charge on any atom is 0.573 e. The monoisotopic (exact) mass is 603 g/mol. The van der Waals surface area contributed by atoms with Crippen LogP contribution in [0.5, 0.6) is 5.75 Å². The molecule has 0 saturated carbocycles. The summed E-state index contributed by atoms with van der Waals surface area (Å²) >= 11 is 1.57. The molecule has 0 radical (unpaired) electrons. The third kappa shape index (κ3) is 8.17. The standard InChI is InChI=1S/C31H24F3N5O3S/c1-19-4-7-25(15-22(19)16-28-39-27(18-43-28)21-3-2-14-35-17-21)36-29(40)20-5-8-23(9-6-20)37-30(41)38-24-10-12-26(13-11-24)42-31(32,33)34/h2-15,17-18H,16H2,1H3,(H,36,40)(H2,37,38,41). The first kappa shape index (κ1) is 29.3. The van der Waals surface area contributed by atoms with Gasteiger partial charge in [-0.15, -0.1) is 24.5 Å². The molecule has 0 unspecified atom stereocenters. The minimum atomic E-state index is -4.80. The second kappa shape index (κ2) is 12.7. The van der Waals surface area contributed by atoms with Gasteiger partial charge >= 0.3 is 12.4 Å². The first-order valence-corrected chi connectivity index (χ1v) is 13.8. The Hall–Kier alpha value is -5.23. The van der Waals surface area contributed by atoms with E-state index in [0.717, 1.165) is 39.5 Å². The highest BCUT2D eigenvalue weighted by atomic mass is 32.1. The zero-order valence-electron chi connectivity index (χ0n) is 22.6. The van der Waals surface area contributed by atoms with Crippen molar-refractivity contribution in [1.82, 2.24) is 9.97 Å². The molecule has 0 aliphatic heterocycles. The van der Waals surface area contributed by atoms with Gasteiger partial charge in [0, 0.05) is 52.4 Å². The van der Waals surface area contributed by atoms with E-state index in [1.54, 1.807) is 48.0 Å². The van der Waals surface area contributed by atoms with Crippen molar-refractivity contribution in [1.29, 1.82) is 0 Å². The molecule has 43 heavy (non-hydrogen) atoms. The third-order valence-corrected chi connectivity index (χ3v) is 7.06. The number of aryl methyl sites for hydroxylation is 1. The average Bonchev–Trinajstić information content (AvgIpc) is 3.44. The van der Waals surface area contributed by atoms with Crippen molar-refractivity contribution in [3.63, 3.8) is 0 Å². The summed E-state index contributed by atoms with van der Waals surface area (Å²) in [7, 11) is 0. The van der Waals surface area contributed by atoms with Crippen LogP contribution in [0.2, 0.25) is 0 Å². The van der Waals surface area contributed by atoms with Crippen LogP contribution >= 0.6 is 11.3 Å². The lowest BCUT2D eigenvalue weighted by molar-refractivity contribution is -0.274. The highest BCUT2D eigenvalue weighted by Gasteiger charge is 2.31. The van der Waals surface area contributed by atoms with Crippen LogP contribution in [0.1, 0.15) is 26.5 Å². The number of urea groups is 1. The molecule has 0 bridgehead atoms. The number of hydrogen-bond donors (Lipinski definition) is 3. The van der Waals surface area contributed by atoms with E-state index in [1.807, 2.05) is 42.6 Å². The van der Waals surface area contributed by atoms with Crippen LogP contribution in [0, 0.1) is 6.92 Å². The van der Waals surface area contributed by atoms with E-state index < -0.39 is 18.1 Å². The van der Waals surface area contributed by atoms with E-state index in [0.29, 0.717) is 23.4 Å². The van der Waals surface area contributed by atoms with Crippen LogP contribution in [0.15, 0.2) is 96.6 Å². The van der Waals surface area contributed by atoms with Crippen molar-refractivity contribution in [2.24, 2.45) is 0 Å². The van der Waals surface area contributed by atoms with Gasteiger partial charge in [0.2, 0.25) is 0 Å². The van der Waals surface area contributed by atoms with Gasteiger partial charge in [-0.25, -0.2) is 9.78 Å². The lowest BCUT2D eigenvalue weighted by Gasteiger charge is -2.11. The van der Waals surface area contributed by atoms with Gasteiger partial charge in [0.15, 0.2) is 0 Å². The van der Waals surface area contributed by atoms with Gasteiger partial charge in [-0.2, -0.15) is 0 Å². The second-order valence-electron chi connectivity index (χ2n) is 9.37. The van der Waals surface area contributed by atoms with Crippen LogP contribution in [0.3, 0.4) is 0 Å². The highest BCUT2D eigenvalue weighted by Crippen LogP contribution is 2.26. The Balaban J connectivity index is 1.16. The summed E-state index contributed by atoms with van der Waals surface area (Å²) in [4.78, 5) is 34.1. The number of nitrogens with one attached hydrogen (secondary N) is 3. The number of ether oxygens (including phenoxy) is 1. The quantitative estimate of drug-likeness (QED) is 0.167. The first-order chi connectivity index (χ1) is 20.6. The Morgan fingerprint density at radius 1 is 0.884 bits per heavy atom. The maximum atomic E-state index is 12.9. The molecule has 2 aromatic heterocycles. The molecule has 3 amide bonds. The molecule has 0 atom stereocenters. The summed E-state index contributed by atoms with van der Waals surface area (Å²) in [5.41, 5.74) is 5.66. The van der Waals surface area contributed by atoms with Gasteiger partial charge in [-0.3, -0.25) is 9.78 Å². The number of aromatic nitrogens is 2. The van der Waals surface area contributed by atoms with Crippen LogP contribution in [-0.2, 0) is 6.42 Å². The van der Waals surface area contributed by atoms with Crippen molar-refractivity contribution in [3.05, 3.63) is 118 Å². The zero-order chi connectivity index (χ0) is 30.4. The van der Waals surface area contributed by atoms with Gasteiger partial charge in [0.25, 0.3) is 5.91 Å². The molecule has 0 saturated heterocycles. The number of carbonyl (C=O) groups is 2. The molecule has 0 fully saturated rings. The fraction of sp³-hybridized carbons (Fsp3) is 0.0968.